The smallest absolute Gasteiger partial charge is 0.301 e. The van der Waals surface area contributed by atoms with Gasteiger partial charge in [-0.3, -0.25) is 14.5 Å². The molecule has 0 radical (unpaired) electrons. The van der Waals surface area contributed by atoms with Gasteiger partial charge in [-0.25, -0.2) is 4.39 Å². The predicted octanol–water partition coefficient (Wildman–Crippen LogP) is 7.82. The Kier molecular flexibility index (Phi) is 11.2. The van der Waals surface area contributed by atoms with Crippen LogP contribution in [-0.4, -0.2) is 46.8 Å². The van der Waals surface area contributed by atoms with Gasteiger partial charge in [-0.15, -0.1) is 10.2 Å². The van der Waals surface area contributed by atoms with E-state index in [0.717, 1.165) is 23.3 Å². The second kappa shape index (κ2) is 15.4. The Bertz CT molecular complexity index is 1740. The SMILES string of the molecule is CCOc1ccc(/C(O)=C2\C(=O)C(=O)N(c3nnc(SCc4ccc(F)cc4)s3)C2c2ccc(OCCC(C)C)c(OCC)c2)cc1. The maximum absolute atomic E-state index is 13.7. The number of Topliss-reactive ketones (excluding diaryl/α,β-unsaturated/α-hetero) is 1. The average Bonchev–Trinajstić information content (AvgIpc) is 3.63. The van der Waals surface area contributed by atoms with Crippen LogP contribution in [0.2, 0.25) is 0 Å². The minimum Gasteiger partial charge on any atom is -0.507 e. The molecule has 0 spiro atoms. The molecule has 246 valence electrons. The summed E-state index contributed by atoms with van der Waals surface area (Å²) in [5.74, 6) is 0.211. The number of ether oxygens (including phenoxy) is 3. The molecule has 3 aromatic carbocycles. The number of halogens is 1. The fourth-order valence-electron chi connectivity index (χ4n) is 4.95. The van der Waals surface area contributed by atoms with Gasteiger partial charge >= 0.3 is 5.91 Å². The summed E-state index contributed by atoms with van der Waals surface area (Å²) in [5.41, 5.74) is 1.67. The molecular weight excluding hydrogens is 642 g/mol. The van der Waals surface area contributed by atoms with Gasteiger partial charge in [0, 0.05) is 11.3 Å². The van der Waals surface area contributed by atoms with Crippen molar-refractivity contribution >= 4 is 45.7 Å². The summed E-state index contributed by atoms with van der Waals surface area (Å²) in [7, 11) is 0. The van der Waals surface area contributed by atoms with Crippen molar-refractivity contribution < 1.29 is 33.3 Å². The molecule has 9 nitrogen and oxygen atoms in total. The van der Waals surface area contributed by atoms with E-state index in [2.05, 4.69) is 24.0 Å². The lowest BCUT2D eigenvalue weighted by Gasteiger charge is -2.24. The highest BCUT2D eigenvalue weighted by molar-refractivity contribution is 8.00. The van der Waals surface area contributed by atoms with E-state index in [-0.39, 0.29) is 22.3 Å². The van der Waals surface area contributed by atoms with Crippen LogP contribution in [-0.2, 0) is 15.3 Å². The van der Waals surface area contributed by atoms with Crippen molar-refractivity contribution in [3.8, 4) is 17.2 Å². The molecule has 0 aliphatic carbocycles. The second-order valence-corrected chi connectivity index (χ2v) is 13.2. The van der Waals surface area contributed by atoms with E-state index in [0.29, 0.717) is 64.2 Å². The fraction of sp³-hybridized carbons (Fsp3) is 0.314. The van der Waals surface area contributed by atoms with Crippen LogP contribution in [0.3, 0.4) is 0 Å². The Balaban J connectivity index is 1.55. The average molecular weight is 678 g/mol. The summed E-state index contributed by atoms with van der Waals surface area (Å²) in [6.07, 6.45) is 0.855. The van der Waals surface area contributed by atoms with Crippen LogP contribution in [0.5, 0.6) is 17.2 Å². The van der Waals surface area contributed by atoms with Gasteiger partial charge < -0.3 is 19.3 Å². The third-order valence-electron chi connectivity index (χ3n) is 7.30. The first-order valence-electron chi connectivity index (χ1n) is 15.3. The summed E-state index contributed by atoms with van der Waals surface area (Å²) < 4.78 is 31.4. The third-order valence-corrected chi connectivity index (χ3v) is 9.42. The molecule has 1 aliphatic rings. The van der Waals surface area contributed by atoms with E-state index in [4.69, 9.17) is 14.2 Å². The molecule has 0 saturated carbocycles. The summed E-state index contributed by atoms with van der Waals surface area (Å²) in [4.78, 5) is 28.7. The number of aromatic nitrogens is 2. The van der Waals surface area contributed by atoms with Gasteiger partial charge in [-0.05, 0) is 85.8 Å². The summed E-state index contributed by atoms with van der Waals surface area (Å²) in [6.45, 7) is 9.29. The molecule has 1 aliphatic heterocycles. The number of thioether (sulfide) groups is 1. The maximum atomic E-state index is 13.7. The lowest BCUT2D eigenvalue weighted by Crippen LogP contribution is -2.29. The molecular formula is C35H36FN3O6S2. The molecule has 1 saturated heterocycles. The van der Waals surface area contributed by atoms with Crippen molar-refractivity contribution in [1.29, 1.82) is 0 Å². The first-order valence-corrected chi connectivity index (χ1v) is 17.1. The molecule has 1 N–H and O–H groups in total. The summed E-state index contributed by atoms with van der Waals surface area (Å²) in [5, 5.41) is 20.3. The standard InChI is InChI=1S/C35H36FN3O6S2/c1-5-43-26-14-9-23(10-15-26)31(40)29-30(24-11-16-27(28(19-24)44-6-2)45-18-17-21(3)4)39(33(42)32(29)41)34-37-38-35(47-34)46-20-22-7-12-25(36)13-8-22/h7-16,19,21,30,40H,5-6,17-18,20H2,1-4H3/b31-29+. The summed E-state index contributed by atoms with van der Waals surface area (Å²) in [6, 6.07) is 17.0. The lowest BCUT2D eigenvalue weighted by atomic mass is 9.95. The Morgan fingerprint density at radius 3 is 2.36 bits per heavy atom. The van der Waals surface area contributed by atoms with Gasteiger partial charge in [0.25, 0.3) is 5.78 Å². The first kappa shape index (κ1) is 33.9. The quantitative estimate of drug-likeness (QED) is 0.0470. The molecule has 5 rings (SSSR count). The molecule has 1 aromatic heterocycles. The third kappa shape index (κ3) is 7.94. The van der Waals surface area contributed by atoms with Crippen molar-refractivity contribution in [2.45, 2.75) is 50.3 Å². The lowest BCUT2D eigenvalue weighted by molar-refractivity contribution is -0.132. The maximum Gasteiger partial charge on any atom is 0.301 e. The number of aliphatic hydroxyl groups excluding tert-OH is 1. The molecule has 1 amide bonds. The van der Waals surface area contributed by atoms with Crippen LogP contribution in [0.25, 0.3) is 5.76 Å². The zero-order chi connectivity index (χ0) is 33.5. The van der Waals surface area contributed by atoms with Gasteiger partial charge in [-0.1, -0.05) is 55.1 Å². The van der Waals surface area contributed by atoms with Crippen LogP contribution in [0.4, 0.5) is 9.52 Å². The minimum atomic E-state index is -1.03. The molecule has 1 atom stereocenters. The molecule has 0 bridgehead atoms. The van der Waals surface area contributed by atoms with Crippen LogP contribution in [0.1, 0.15) is 56.8 Å². The fourth-order valence-corrected chi connectivity index (χ4v) is 6.77. The molecule has 1 fully saturated rings. The Labute approximate surface area is 281 Å². The van der Waals surface area contributed by atoms with Crippen molar-refractivity contribution in [2.24, 2.45) is 5.92 Å². The number of ketones is 1. The van der Waals surface area contributed by atoms with Crippen molar-refractivity contribution in [2.75, 3.05) is 24.7 Å². The Morgan fingerprint density at radius 2 is 1.68 bits per heavy atom. The van der Waals surface area contributed by atoms with Gasteiger partial charge in [0.05, 0.1) is 31.4 Å². The van der Waals surface area contributed by atoms with E-state index >= 15 is 0 Å². The number of hydrogen-bond donors (Lipinski definition) is 1. The molecule has 2 heterocycles. The number of anilines is 1. The number of hydrogen-bond acceptors (Lipinski definition) is 10. The van der Waals surface area contributed by atoms with Gasteiger partial charge in [-0.2, -0.15) is 0 Å². The van der Waals surface area contributed by atoms with Crippen LogP contribution >= 0.6 is 23.1 Å². The van der Waals surface area contributed by atoms with E-state index in [9.17, 15) is 19.1 Å². The van der Waals surface area contributed by atoms with E-state index in [1.165, 1.54) is 28.8 Å². The van der Waals surface area contributed by atoms with Gasteiger partial charge in [0.1, 0.15) is 17.3 Å². The highest BCUT2D eigenvalue weighted by Gasteiger charge is 2.48. The Hall–Kier alpha value is -4.42. The number of benzene rings is 3. The predicted molar refractivity (Wildman–Crippen MR) is 181 cm³/mol. The van der Waals surface area contributed by atoms with Gasteiger partial charge in [0.2, 0.25) is 5.13 Å². The number of rotatable bonds is 14. The number of aliphatic hydroxyl groups is 1. The highest BCUT2D eigenvalue weighted by atomic mass is 32.2. The van der Waals surface area contributed by atoms with E-state index < -0.39 is 17.7 Å². The highest BCUT2D eigenvalue weighted by Crippen LogP contribution is 2.46. The monoisotopic (exact) mass is 677 g/mol. The largest absolute Gasteiger partial charge is 0.507 e. The molecule has 12 heteroatoms. The van der Waals surface area contributed by atoms with Crippen molar-refractivity contribution in [3.05, 3.63) is 94.8 Å². The number of amides is 1. The van der Waals surface area contributed by atoms with E-state index in [1.807, 2.05) is 13.8 Å². The van der Waals surface area contributed by atoms with Crippen LogP contribution < -0.4 is 19.1 Å². The Morgan fingerprint density at radius 1 is 0.957 bits per heavy atom. The minimum absolute atomic E-state index is 0.0919. The number of carbonyl (C=O) groups is 2. The normalized spacial score (nSPS) is 15.8. The zero-order valence-corrected chi connectivity index (χ0v) is 28.2. The first-order chi connectivity index (χ1) is 22.7. The van der Waals surface area contributed by atoms with Gasteiger partial charge in [0.15, 0.2) is 15.8 Å². The van der Waals surface area contributed by atoms with Crippen molar-refractivity contribution in [3.63, 3.8) is 0 Å². The van der Waals surface area contributed by atoms with Crippen molar-refractivity contribution in [1.82, 2.24) is 10.2 Å². The molecule has 47 heavy (non-hydrogen) atoms. The zero-order valence-electron chi connectivity index (χ0n) is 26.6. The molecule has 4 aromatic rings. The van der Waals surface area contributed by atoms with E-state index in [1.54, 1.807) is 54.6 Å². The number of carbonyl (C=O) groups excluding carboxylic acids is 2. The number of nitrogens with zero attached hydrogens (tertiary/aromatic N) is 3. The van der Waals surface area contributed by atoms with Crippen LogP contribution in [0.15, 0.2) is 76.6 Å². The summed E-state index contributed by atoms with van der Waals surface area (Å²) >= 11 is 2.53. The second-order valence-electron chi connectivity index (χ2n) is 11.1. The molecule has 1 unspecified atom stereocenters. The van der Waals surface area contributed by atoms with Crippen LogP contribution in [0, 0.1) is 11.7 Å². The topological polar surface area (TPSA) is 111 Å².